The molecule has 5 N–H and O–H groups in total. The van der Waals surface area contributed by atoms with Crippen LogP contribution in [0.5, 0.6) is 0 Å². The van der Waals surface area contributed by atoms with Crippen molar-refractivity contribution in [3.8, 4) is 0 Å². The summed E-state index contributed by atoms with van der Waals surface area (Å²) in [6.07, 6.45) is 3.55. The SMILES string of the molecule is CC(Nc1cc2[nH]c(=O)oc2cc1N)c1cn[nH]c1. The standard InChI is InChI=1S/C12H13N5O2/c1-6(7-4-14-15-5-7)16-9-3-10-11(2-8(9)13)19-12(18)17-10/h2-6,16H,13H2,1H3,(H,14,15)(H,17,18). The highest BCUT2D eigenvalue weighted by Gasteiger charge is 2.11. The number of nitrogens with zero attached hydrogens (tertiary/aromatic N) is 1. The number of aromatic nitrogens is 3. The Hall–Kier alpha value is -2.70. The molecule has 0 bridgehead atoms. The van der Waals surface area contributed by atoms with E-state index >= 15 is 0 Å². The van der Waals surface area contributed by atoms with Crippen LogP contribution >= 0.6 is 0 Å². The zero-order valence-electron chi connectivity index (χ0n) is 10.2. The molecule has 3 rings (SSSR count). The third kappa shape index (κ3) is 2.05. The van der Waals surface area contributed by atoms with E-state index in [1.165, 1.54) is 0 Å². The Morgan fingerprint density at radius 2 is 2.32 bits per heavy atom. The number of benzene rings is 1. The predicted molar refractivity (Wildman–Crippen MR) is 71.9 cm³/mol. The number of nitrogens with one attached hydrogen (secondary N) is 3. The van der Waals surface area contributed by atoms with Crippen molar-refractivity contribution in [3.05, 3.63) is 40.6 Å². The van der Waals surface area contributed by atoms with Gasteiger partial charge in [0.25, 0.3) is 0 Å². The van der Waals surface area contributed by atoms with Crippen molar-refractivity contribution in [2.75, 3.05) is 11.1 Å². The van der Waals surface area contributed by atoms with Gasteiger partial charge in [-0.25, -0.2) is 4.79 Å². The molecular weight excluding hydrogens is 246 g/mol. The summed E-state index contributed by atoms with van der Waals surface area (Å²) in [5, 5.41) is 9.93. The molecule has 7 heteroatoms. The van der Waals surface area contributed by atoms with E-state index in [-0.39, 0.29) is 6.04 Å². The Balaban J connectivity index is 1.96. The van der Waals surface area contributed by atoms with E-state index in [0.29, 0.717) is 16.8 Å². The summed E-state index contributed by atoms with van der Waals surface area (Å²) in [5.41, 5.74) is 9.26. The molecule has 98 valence electrons. The summed E-state index contributed by atoms with van der Waals surface area (Å²) in [6, 6.07) is 3.42. The van der Waals surface area contributed by atoms with Gasteiger partial charge in [-0.2, -0.15) is 5.10 Å². The smallest absolute Gasteiger partial charge is 0.408 e. The van der Waals surface area contributed by atoms with E-state index in [1.54, 1.807) is 18.3 Å². The maximum atomic E-state index is 11.1. The first kappa shape index (κ1) is 11.4. The van der Waals surface area contributed by atoms with Gasteiger partial charge in [0.2, 0.25) is 0 Å². The number of H-pyrrole nitrogens is 2. The van der Waals surface area contributed by atoms with Crippen molar-refractivity contribution in [1.29, 1.82) is 0 Å². The molecule has 0 saturated carbocycles. The van der Waals surface area contributed by atoms with E-state index < -0.39 is 5.76 Å². The van der Waals surface area contributed by atoms with Crippen LogP contribution in [0.1, 0.15) is 18.5 Å². The zero-order valence-corrected chi connectivity index (χ0v) is 10.2. The van der Waals surface area contributed by atoms with Gasteiger partial charge in [-0.1, -0.05) is 0 Å². The Morgan fingerprint density at radius 1 is 1.47 bits per heavy atom. The van der Waals surface area contributed by atoms with Gasteiger partial charge in [0.05, 0.1) is 29.1 Å². The minimum absolute atomic E-state index is 0.0390. The molecule has 1 aromatic carbocycles. The Morgan fingerprint density at radius 3 is 3.05 bits per heavy atom. The number of anilines is 2. The highest BCUT2D eigenvalue weighted by Crippen LogP contribution is 2.27. The first-order valence-corrected chi connectivity index (χ1v) is 5.81. The van der Waals surface area contributed by atoms with Crippen molar-refractivity contribution >= 4 is 22.5 Å². The molecule has 1 unspecified atom stereocenters. The summed E-state index contributed by atoms with van der Waals surface area (Å²) in [5.74, 6) is -0.491. The summed E-state index contributed by atoms with van der Waals surface area (Å²) in [6.45, 7) is 1.99. The van der Waals surface area contributed by atoms with Gasteiger partial charge in [0.15, 0.2) is 5.58 Å². The number of oxazole rings is 1. The normalized spacial score (nSPS) is 12.7. The van der Waals surface area contributed by atoms with Gasteiger partial charge in [-0.15, -0.1) is 0 Å². The molecule has 7 nitrogen and oxygen atoms in total. The topological polar surface area (TPSA) is 113 Å². The molecule has 1 atom stereocenters. The second kappa shape index (κ2) is 4.20. The summed E-state index contributed by atoms with van der Waals surface area (Å²) in [4.78, 5) is 13.7. The molecule has 0 aliphatic carbocycles. The Labute approximate surface area is 107 Å². The Bertz CT molecular complexity index is 756. The minimum Gasteiger partial charge on any atom is -0.408 e. The van der Waals surface area contributed by atoms with E-state index in [0.717, 1.165) is 11.3 Å². The maximum absolute atomic E-state index is 11.1. The molecule has 19 heavy (non-hydrogen) atoms. The van der Waals surface area contributed by atoms with Gasteiger partial charge in [-0.05, 0) is 13.0 Å². The van der Waals surface area contributed by atoms with Crippen molar-refractivity contribution < 1.29 is 4.42 Å². The number of fused-ring (bicyclic) bond motifs is 1. The monoisotopic (exact) mass is 259 g/mol. The number of nitrogen functional groups attached to an aromatic ring is 1. The quantitative estimate of drug-likeness (QED) is 0.533. The molecule has 0 spiro atoms. The van der Waals surface area contributed by atoms with E-state index in [1.807, 2.05) is 13.1 Å². The van der Waals surface area contributed by atoms with Crippen molar-refractivity contribution in [1.82, 2.24) is 15.2 Å². The lowest BCUT2D eigenvalue weighted by Crippen LogP contribution is -2.07. The summed E-state index contributed by atoms with van der Waals surface area (Å²) in [7, 11) is 0. The van der Waals surface area contributed by atoms with Crippen LogP contribution in [0.25, 0.3) is 11.1 Å². The lowest BCUT2D eigenvalue weighted by atomic mass is 10.1. The maximum Gasteiger partial charge on any atom is 0.417 e. The average molecular weight is 259 g/mol. The molecule has 0 fully saturated rings. The van der Waals surface area contributed by atoms with Crippen LogP contribution in [0.15, 0.2) is 33.7 Å². The number of nitrogens with two attached hydrogens (primary N) is 1. The van der Waals surface area contributed by atoms with Crippen LogP contribution in [-0.4, -0.2) is 15.2 Å². The average Bonchev–Trinajstić information content (AvgIpc) is 2.97. The highest BCUT2D eigenvalue weighted by molar-refractivity contribution is 5.85. The lowest BCUT2D eigenvalue weighted by molar-refractivity contribution is 0.555. The number of hydrogen-bond donors (Lipinski definition) is 4. The van der Waals surface area contributed by atoms with Gasteiger partial charge < -0.3 is 15.5 Å². The molecule has 2 aromatic heterocycles. The van der Waals surface area contributed by atoms with E-state index in [9.17, 15) is 4.79 Å². The summed E-state index contributed by atoms with van der Waals surface area (Å²) >= 11 is 0. The van der Waals surface area contributed by atoms with Gasteiger partial charge in [-0.3, -0.25) is 10.1 Å². The predicted octanol–water partition coefficient (Wildman–Crippen LogP) is 1.60. The second-order valence-electron chi connectivity index (χ2n) is 4.35. The molecule has 0 aliphatic rings. The molecule has 2 heterocycles. The van der Waals surface area contributed by atoms with E-state index in [2.05, 4.69) is 20.5 Å². The third-order valence-electron chi connectivity index (χ3n) is 2.98. The van der Waals surface area contributed by atoms with Crippen molar-refractivity contribution in [2.24, 2.45) is 0 Å². The molecule has 0 radical (unpaired) electrons. The van der Waals surface area contributed by atoms with Crippen molar-refractivity contribution in [3.63, 3.8) is 0 Å². The third-order valence-corrected chi connectivity index (χ3v) is 2.98. The Kier molecular flexibility index (Phi) is 2.52. The van der Waals surface area contributed by atoms with E-state index in [4.69, 9.17) is 10.2 Å². The lowest BCUT2D eigenvalue weighted by Gasteiger charge is -2.15. The number of rotatable bonds is 3. The van der Waals surface area contributed by atoms with Crippen molar-refractivity contribution in [2.45, 2.75) is 13.0 Å². The fraction of sp³-hybridized carbons (Fsp3) is 0.167. The zero-order chi connectivity index (χ0) is 13.4. The second-order valence-corrected chi connectivity index (χ2v) is 4.35. The van der Waals surface area contributed by atoms with Gasteiger partial charge in [0.1, 0.15) is 0 Å². The fourth-order valence-electron chi connectivity index (χ4n) is 1.95. The van der Waals surface area contributed by atoms with Crippen LogP contribution in [0.4, 0.5) is 11.4 Å². The van der Waals surface area contributed by atoms with Crippen LogP contribution in [0.3, 0.4) is 0 Å². The fourth-order valence-corrected chi connectivity index (χ4v) is 1.95. The molecule has 0 saturated heterocycles. The summed E-state index contributed by atoms with van der Waals surface area (Å²) < 4.78 is 4.95. The molecule has 0 aliphatic heterocycles. The number of hydrogen-bond acceptors (Lipinski definition) is 5. The first-order chi connectivity index (χ1) is 9.13. The van der Waals surface area contributed by atoms with Gasteiger partial charge >= 0.3 is 5.76 Å². The molecule has 0 amide bonds. The van der Waals surface area contributed by atoms with Crippen LogP contribution in [-0.2, 0) is 0 Å². The minimum atomic E-state index is -0.491. The molecule has 3 aromatic rings. The van der Waals surface area contributed by atoms with Crippen LogP contribution in [0, 0.1) is 0 Å². The van der Waals surface area contributed by atoms with Gasteiger partial charge in [0, 0.05) is 17.8 Å². The number of aromatic amines is 2. The molecular formula is C12H13N5O2. The largest absolute Gasteiger partial charge is 0.417 e. The first-order valence-electron chi connectivity index (χ1n) is 5.81. The highest BCUT2D eigenvalue weighted by atomic mass is 16.4. The van der Waals surface area contributed by atoms with Crippen LogP contribution in [0.2, 0.25) is 0 Å². The van der Waals surface area contributed by atoms with Crippen LogP contribution < -0.4 is 16.8 Å².